The van der Waals surface area contributed by atoms with Gasteiger partial charge in [0.25, 0.3) is 0 Å². The van der Waals surface area contributed by atoms with E-state index < -0.39 is 0 Å². The third-order valence-corrected chi connectivity index (χ3v) is 2.43. The Morgan fingerprint density at radius 2 is 1.71 bits per heavy atom. The van der Waals surface area contributed by atoms with Gasteiger partial charge in [0.1, 0.15) is 5.82 Å². The van der Waals surface area contributed by atoms with E-state index in [-0.39, 0.29) is 11.4 Å². The fourth-order valence-corrected chi connectivity index (χ4v) is 1.51. The Kier molecular flexibility index (Phi) is 5.59. The fourth-order valence-electron chi connectivity index (χ4n) is 1.51. The highest BCUT2D eigenvalue weighted by Gasteiger charge is 2.06. The zero-order valence-electron chi connectivity index (χ0n) is 11.0. The maximum absolute atomic E-state index is 12.7. The number of halogens is 1. The van der Waals surface area contributed by atoms with E-state index in [1.54, 1.807) is 0 Å². The standard InChI is InChI=1S/C14H23FN2/c1-14(2,3)17-10-4-9-16-11-12-5-7-13(15)8-6-12/h5-8,16-17H,4,9-11H2,1-3H3. The second-order valence-electron chi connectivity index (χ2n) is 5.33. The van der Waals surface area contributed by atoms with E-state index in [1.165, 1.54) is 12.1 Å². The summed E-state index contributed by atoms with van der Waals surface area (Å²) in [5, 5.41) is 6.78. The van der Waals surface area contributed by atoms with Gasteiger partial charge in [-0.3, -0.25) is 0 Å². The summed E-state index contributed by atoms with van der Waals surface area (Å²) in [6, 6.07) is 6.63. The average Bonchev–Trinajstić information content (AvgIpc) is 2.24. The molecule has 0 atom stereocenters. The SMILES string of the molecule is CC(C)(C)NCCCNCc1ccc(F)cc1. The molecule has 1 aromatic carbocycles. The number of hydrogen-bond donors (Lipinski definition) is 2. The van der Waals surface area contributed by atoms with Crippen LogP contribution in [0.15, 0.2) is 24.3 Å². The average molecular weight is 238 g/mol. The van der Waals surface area contributed by atoms with Gasteiger partial charge in [-0.15, -0.1) is 0 Å². The smallest absolute Gasteiger partial charge is 0.123 e. The first-order valence-electron chi connectivity index (χ1n) is 6.17. The molecule has 2 N–H and O–H groups in total. The van der Waals surface area contributed by atoms with E-state index in [9.17, 15) is 4.39 Å². The molecular formula is C14H23FN2. The second-order valence-corrected chi connectivity index (χ2v) is 5.33. The van der Waals surface area contributed by atoms with Gasteiger partial charge in [-0.2, -0.15) is 0 Å². The predicted octanol–water partition coefficient (Wildman–Crippen LogP) is 2.69. The van der Waals surface area contributed by atoms with Crippen molar-refractivity contribution in [2.45, 2.75) is 39.3 Å². The molecule has 0 aliphatic heterocycles. The van der Waals surface area contributed by atoms with Gasteiger partial charge in [-0.1, -0.05) is 12.1 Å². The summed E-state index contributed by atoms with van der Waals surface area (Å²) in [5.74, 6) is -0.178. The zero-order valence-corrected chi connectivity index (χ0v) is 11.0. The molecule has 0 saturated heterocycles. The van der Waals surface area contributed by atoms with E-state index in [1.807, 2.05) is 12.1 Å². The van der Waals surface area contributed by atoms with Gasteiger partial charge < -0.3 is 10.6 Å². The molecule has 2 nitrogen and oxygen atoms in total. The highest BCUT2D eigenvalue weighted by atomic mass is 19.1. The Hall–Kier alpha value is -0.930. The van der Waals surface area contributed by atoms with Crippen LogP contribution in [0.2, 0.25) is 0 Å². The van der Waals surface area contributed by atoms with E-state index in [0.29, 0.717) is 0 Å². The molecule has 17 heavy (non-hydrogen) atoms. The van der Waals surface area contributed by atoms with Crippen LogP contribution in [0.25, 0.3) is 0 Å². The molecule has 1 aromatic rings. The third kappa shape index (κ3) is 7.08. The van der Waals surface area contributed by atoms with Crippen LogP contribution >= 0.6 is 0 Å². The fraction of sp³-hybridized carbons (Fsp3) is 0.571. The van der Waals surface area contributed by atoms with Gasteiger partial charge in [0.15, 0.2) is 0 Å². The van der Waals surface area contributed by atoms with Gasteiger partial charge in [-0.25, -0.2) is 4.39 Å². The molecule has 0 radical (unpaired) electrons. The van der Waals surface area contributed by atoms with Gasteiger partial charge in [0, 0.05) is 12.1 Å². The monoisotopic (exact) mass is 238 g/mol. The molecule has 0 unspecified atom stereocenters. The van der Waals surface area contributed by atoms with Crippen molar-refractivity contribution < 1.29 is 4.39 Å². The summed E-state index contributed by atoms with van der Waals surface area (Å²) >= 11 is 0. The molecule has 0 amide bonds. The molecule has 0 aromatic heterocycles. The van der Waals surface area contributed by atoms with Gasteiger partial charge >= 0.3 is 0 Å². The largest absolute Gasteiger partial charge is 0.313 e. The molecule has 96 valence electrons. The van der Waals surface area contributed by atoms with Crippen molar-refractivity contribution in [2.24, 2.45) is 0 Å². The first-order valence-corrected chi connectivity index (χ1v) is 6.17. The van der Waals surface area contributed by atoms with Crippen molar-refractivity contribution >= 4 is 0 Å². The topological polar surface area (TPSA) is 24.1 Å². The van der Waals surface area contributed by atoms with Crippen LogP contribution in [0.5, 0.6) is 0 Å². The van der Waals surface area contributed by atoms with E-state index >= 15 is 0 Å². The Balaban J connectivity index is 2.07. The van der Waals surface area contributed by atoms with Crippen LogP contribution in [-0.4, -0.2) is 18.6 Å². The van der Waals surface area contributed by atoms with Crippen LogP contribution in [0, 0.1) is 5.82 Å². The van der Waals surface area contributed by atoms with E-state index in [2.05, 4.69) is 31.4 Å². The van der Waals surface area contributed by atoms with E-state index in [4.69, 9.17) is 0 Å². The maximum Gasteiger partial charge on any atom is 0.123 e. The molecule has 0 aliphatic carbocycles. The lowest BCUT2D eigenvalue weighted by molar-refractivity contribution is 0.418. The van der Waals surface area contributed by atoms with Crippen LogP contribution < -0.4 is 10.6 Å². The Morgan fingerprint density at radius 1 is 1.06 bits per heavy atom. The van der Waals surface area contributed by atoms with Crippen molar-refractivity contribution in [3.8, 4) is 0 Å². The number of hydrogen-bond acceptors (Lipinski definition) is 2. The van der Waals surface area contributed by atoms with Crippen molar-refractivity contribution in [1.82, 2.24) is 10.6 Å². The number of rotatable bonds is 6. The Bertz CT molecular complexity index is 314. The lowest BCUT2D eigenvalue weighted by Gasteiger charge is -2.20. The van der Waals surface area contributed by atoms with Gasteiger partial charge in [0.2, 0.25) is 0 Å². The van der Waals surface area contributed by atoms with Crippen molar-refractivity contribution in [2.75, 3.05) is 13.1 Å². The quantitative estimate of drug-likeness (QED) is 0.745. The molecule has 0 aliphatic rings. The number of benzene rings is 1. The maximum atomic E-state index is 12.7. The predicted molar refractivity (Wildman–Crippen MR) is 70.5 cm³/mol. The highest BCUT2D eigenvalue weighted by molar-refractivity contribution is 5.15. The summed E-state index contributed by atoms with van der Waals surface area (Å²) in [6.45, 7) is 9.28. The summed E-state index contributed by atoms with van der Waals surface area (Å²) in [5.41, 5.74) is 1.31. The minimum atomic E-state index is -0.178. The van der Waals surface area contributed by atoms with E-state index in [0.717, 1.165) is 31.6 Å². The third-order valence-electron chi connectivity index (χ3n) is 2.43. The first kappa shape index (κ1) is 14.1. The summed E-state index contributed by atoms with van der Waals surface area (Å²) in [6.07, 6.45) is 1.10. The normalized spacial score (nSPS) is 11.8. The van der Waals surface area contributed by atoms with Crippen molar-refractivity contribution in [3.63, 3.8) is 0 Å². The van der Waals surface area contributed by atoms with Crippen LogP contribution in [0.1, 0.15) is 32.8 Å². The minimum Gasteiger partial charge on any atom is -0.313 e. The zero-order chi connectivity index (χ0) is 12.7. The lowest BCUT2D eigenvalue weighted by Crippen LogP contribution is -2.37. The molecule has 0 spiro atoms. The molecule has 0 fully saturated rings. The molecule has 1 rings (SSSR count). The van der Waals surface area contributed by atoms with Crippen molar-refractivity contribution in [1.29, 1.82) is 0 Å². The molecule has 0 heterocycles. The lowest BCUT2D eigenvalue weighted by atomic mass is 10.1. The summed E-state index contributed by atoms with van der Waals surface area (Å²) < 4.78 is 12.7. The first-order chi connectivity index (χ1) is 7.97. The van der Waals surface area contributed by atoms with Gasteiger partial charge in [0.05, 0.1) is 0 Å². The summed E-state index contributed by atoms with van der Waals surface area (Å²) in [4.78, 5) is 0. The molecular weight excluding hydrogens is 215 g/mol. The Labute approximate surface area is 104 Å². The minimum absolute atomic E-state index is 0.178. The Morgan fingerprint density at radius 3 is 2.29 bits per heavy atom. The van der Waals surface area contributed by atoms with Crippen LogP contribution in [-0.2, 0) is 6.54 Å². The number of nitrogens with one attached hydrogen (secondary N) is 2. The van der Waals surface area contributed by atoms with Crippen LogP contribution in [0.3, 0.4) is 0 Å². The second kappa shape index (κ2) is 6.72. The molecule has 3 heteroatoms. The molecule has 0 saturated carbocycles. The van der Waals surface area contributed by atoms with Gasteiger partial charge in [-0.05, 0) is 58.0 Å². The molecule has 0 bridgehead atoms. The van der Waals surface area contributed by atoms with Crippen molar-refractivity contribution in [3.05, 3.63) is 35.6 Å². The highest BCUT2D eigenvalue weighted by Crippen LogP contribution is 2.02. The van der Waals surface area contributed by atoms with Crippen LogP contribution in [0.4, 0.5) is 4.39 Å². The summed E-state index contributed by atoms with van der Waals surface area (Å²) in [7, 11) is 0.